The third kappa shape index (κ3) is 2.60. The molecule has 0 spiro atoms. The Balaban J connectivity index is 1.89. The number of rotatable bonds is 2. The Morgan fingerprint density at radius 3 is 2.12 bits per heavy atom. The monoisotopic (exact) mass is 349 g/mol. The van der Waals surface area contributed by atoms with Crippen molar-refractivity contribution in [2.24, 2.45) is 0 Å². The van der Waals surface area contributed by atoms with Crippen molar-refractivity contribution in [3.8, 4) is 11.5 Å². The normalized spacial score (nSPS) is 15.8. The molecule has 0 N–H and O–H groups in total. The molecule has 4 rings (SSSR count). The lowest BCUT2D eigenvalue weighted by molar-refractivity contribution is 0.382. The maximum atomic E-state index is 14.6. The van der Waals surface area contributed by atoms with Crippen molar-refractivity contribution in [1.82, 2.24) is 4.98 Å². The molecule has 6 heteroatoms. The molecule has 0 unspecified atom stereocenters. The molecule has 25 heavy (non-hydrogen) atoms. The zero-order valence-corrected chi connectivity index (χ0v) is 13.3. The molecular formula is C19H15F4NO. The van der Waals surface area contributed by atoms with Gasteiger partial charge in [-0.15, -0.1) is 0 Å². The van der Waals surface area contributed by atoms with Gasteiger partial charge in [-0.1, -0.05) is 31.4 Å². The molecule has 1 fully saturated rings. The number of halogens is 4. The third-order valence-corrected chi connectivity index (χ3v) is 4.82. The van der Waals surface area contributed by atoms with E-state index in [1.165, 1.54) is 0 Å². The zero-order chi connectivity index (χ0) is 17.6. The van der Waals surface area contributed by atoms with Gasteiger partial charge in [0.05, 0.1) is 0 Å². The highest BCUT2D eigenvalue weighted by molar-refractivity contribution is 5.76. The van der Waals surface area contributed by atoms with E-state index < -0.39 is 46.2 Å². The van der Waals surface area contributed by atoms with Gasteiger partial charge in [-0.2, -0.15) is 0 Å². The fraction of sp³-hybridized carbons (Fsp3) is 0.316. The van der Waals surface area contributed by atoms with E-state index in [2.05, 4.69) is 4.98 Å². The Morgan fingerprint density at radius 2 is 1.48 bits per heavy atom. The highest BCUT2D eigenvalue weighted by Crippen LogP contribution is 2.40. The SMILES string of the molecule is Fc1c(F)c(C2CCCCC2)c(F)c(F)c1-c1nc2ccccc2o1. The molecule has 0 amide bonds. The van der Waals surface area contributed by atoms with Crippen LogP contribution in [0.5, 0.6) is 0 Å². The third-order valence-electron chi connectivity index (χ3n) is 4.82. The first-order valence-electron chi connectivity index (χ1n) is 8.29. The molecule has 1 aliphatic rings. The van der Waals surface area contributed by atoms with Gasteiger partial charge in [0.25, 0.3) is 0 Å². The van der Waals surface area contributed by atoms with Crippen LogP contribution in [0.25, 0.3) is 22.6 Å². The van der Waals surface area contributed by atoms with E-state index in [0.29, 0.717) is 18.4 Å². The predicted molar refractivity (Wildman–Crippen MR) is 85.1 cm³/mol. The van der Waals surface area contributed by atoms with Crippen LogP contribution >= 0.6 is 0 Å². The Hall–Kier alpha value is -2.37. The second-order valence-electron chi connectivity index (χ2n) is 6.37. The van der Waals surface area contributed by atoms with Crippen molar-refractivity contribution in [2.75, 3.05) is 0 Å². The number of fused-ring (bicyclic) bond motifs is 1. The van der Waals surface area contributed by atoms with Gasteiger partial charge >= 0.3 is 0 Å². The van der Waals surface area contributed by atoms with Crippen molar-refractivity contribution < 1.29 is 22.0 Å². The summed E-state index contributed by atoms with van der Waals surface area (Å²) in [6, 6.07) is 6.48. The topological polar surface area (TPSA) is 26.0 Å². The van der Waals surface area contributed by atoms with Crippen LogP contribution in [0.1, 0.15) is 43.6 Å². The van der Waals surface area contributed by atoms with Crippen LogP contribution in [0.3, 0.4) is 0 Å². The minimum absolute atomic E-state index is 0.286. The van der Waals surface area contributed by atoms with Gasteiger partial charge in [-0.05, 0) is 30.9 Å². The van der Waals surface area contributed by atoms with Gasteiger partial charge < -0.3 is 4.42 Å². The molecule has 2 nitrogen and oxygen atoms in total. The molecule has 1 aliphatic carbocycles. The summed E-state index contributed by atoms with van der Waals surface area (Å²) in [6.07, 6.45) is 3.59. The molecule has 1 heterocycles. The average Bonchev–Trinajstić information content (AvgIpc) is 3.05. The number of para-hydroxylation sites is 2. The van der Waals surface area contributed by atoms with Gasteiger partial charge in [-0.25, -0.2) is 22.5 Å². The number of benzene rings is 2. The Labute approximate surface area is 141 Å². The van der Waals surface area contributed by atoms with Gasteiger partial charge in [0.1, 0.15) is 11.1 Å². The van der Waals surface area contributed by atoms with Gasteiger partial charge in [0, 0.05) is 5.56 Å². The second-order valence-corrected chi connectivity index (χ2v) is 6.37. The van der Waals surface area contributed by atoms with E-state index in [0.717, 1.165) is 19.3 Å². The smallest absolute Gasteiger partial charge is 0.233 e. The van der Waals surface area contributed by atoms with E-state index in [9.17, 15) is 17.6 Å². The fourth-order valence-electron chi connectivity index (χ4n) is 3.57. The quantitative estimate of drug-likeness (QED) is 0.413. The van der Waals surface area contributed by atoms with Crippen LogP contribution in [0.15, 0.2) is 28.7 Å². The van der Waals surface area contributed by atoms with Crippen molar-refractivity contribution in [3.63, 3.8) is 0 Å². The van der Waals surface area contributed by atoms with E-state index in [-0.39, 0.29) is 5.58 Å². The predicted octanol–water partition coefficient (Wildman–Crippen LogP) is 6.10. The molecule has 1 aromatic heterocycles. The van der Waals surface area contributed by atoms with Crippen molar-refractivity contribution >= 4 is 11.1 Å². The van der Waals surface area contributed by atoms with E-state index >= 15 is 0 Å². The number of hydrogen-bond acceptors (Lipinski definition) is 2. The fourth-order valence-corrected chi connectivity index (χ4v) is 3.57. The molecule has 2 aromatic carbocycles. The first-order valence-corrected chi connectivity index (χ1v) is 8.29. The number of aromatic nitrogens is 1. The standard InChI is InChI=1S/C19H15F4NO/c20-15-13(10-6-2-1-3-7-10)16(21)18(23)14(17(15)22)19-24-11-8-4-5-9-12(11)25-19/h4-5,8-10H,1-3,6-7H2. The maximum Gasteiger partial charge on any atom is 0.233 e. The summed E-state index contributed by atoms with van der Waals surface area (Å²) in [5.41, 5.74) is -0.748. The maximum absolute atomic E-state index is 14.6. The second kappa shape index (κ2) is 6.17. The molecule has 0 bridgehead atoms. The van der Waals surface area contributed by atoms with Crippen LogP contribution in [0, 0.1) is 23.3 Å². The highest BCUT2D eigenvalue weighted by Gasteiger charge is 2.32. The Morgan fingerprint density at radius 1 is 0.840 bits per heavy atom. The van der Waals surface area contributed by atoms with Crippen LogP contribution in [0.2, 0.25) is 0 Å². The number of oxazole rings is 1. The molecule has 0 saturated heterocycles. The summed E-state index contributed by atoms with van der Waals surface area (Å²) < 4.78 is 63.6. The summed E-state index contributed by atoms with van der Waals surface area (Å²) in [5.74, 6) is -6.57. The highest BCUT2D eigenvalue weighted by atomic mass is 19.2. The Bertz CT molecular complexity index is 882. The van der Waals surface area contributed by atoms with Crippen LogP contribution in [0.4, 0.5) is 17.6 Å². The van der Waals surface area contributed by atoms with E-state index in [1.807, 2.05) is 0 Å². The number of hydrogen-bond donors (Lipinski definition) is 0. The summed E-state index contributed by atoms with van der Waals surface area (Å²) in [5, 5.41) is 0. The molecule has 0 aliphatic heterocycles. The van der Waals surface area contributed by atoms with Crippen molar-refractivity contribution in [2.45, 2.75) is 38.0 Å². The molecule has 0 atom stereocenters. The van der Waals surface area contributed by atoms with Gasteiger partial charge in [0.2, 0.25) is 5.89 Å². The first kappa shape index (κ1) is 16.1. The van der Waals surface area contributed by atoms with Gasteiger partial charge in [-0.3, -0.25) is 0 Å². The molecule has 1 saturated carbocycles. The van der Waals surface area contributed by atoms with E-state index in [4.69, 9.17) is 4.42 Å². The van der Waals surface area contributed by atoms with E-state index in [1.54, 1.807) is 24.3 Å². The Kier molecular flexibility index (Phi) is 3.98. The lowest BCUT2D eigenvalue weighted by Gasteiger charge is -2.23. The number of nitrogens with zero attached hydrogens (tertiary/aromatic N) is 1. The van der Waals surface area contributed by atoms with Crippen molar-refractivity contribution in [3.05, 3.63) is 53.1 Å². The minimum Gasteiger partial charge on any atom is -0.436 e. The molecule has 3 aromatic rings. The first-order chi connectivity index (χ1) is 12.1. The van der Waals surface area contributed by atoms with Crippen LogP contribution in [-0.4, -0.2) is 4.98 Å². The van der Waals surface area contributed by atoms with Crippen molar-refractivity contribution in [1.29, 1.82) is 0 Å². The zero-order valence-electron chi connectivity index (χ0n) is 13.3. The van der Waals surface area contributed by atoms with Crippen LogP contribution in [-0.2, 0) is 0 Å². The largest absolute Gasteiger partial charge is 0.436 e. The molecule has 0 radical (unpaired) electrons. The summed E-state index contributed by atoms with van der Waals surface area (Å²) in [6.45, 7) is 0. The lowest BCUT2D eigenvalue weighted by atomic mass is 9.83. The minimum atomic E-state index is -1.45. The van der Waals surface area contributed by atoms with Crippen LogP contribution < -0.4 is 0 Å². The molecule has 130 valence electrons. The lowest BCUT2D eigenvalue weighted by Crippen LogP contribution is -2.13. The summed E-state index contributed by atoms with van der Waals surface area (Å²) in [4.78, 5) is 3.95. The summed E-state index contributed by atoms with van der Waals surface area (Å²) >= 11 is 0. The van der Waals surface area contributed by atoms with Gasteiger partial charge in [0.15, 0.2) is 28.9 Å². The summed E-state index contributed by atoms with van der Waals surface area (Å²) in [7, 11) is 0. The average molecular weight is 349 g/mol. The molecular weight excluding hydrogens is 334 g/mol.